The van der Waals surface area contributed by atoms with Gasteiger partial charge in [0.25, 0.3) is 0 Å². The molecule has 2 aromatic carbocycles. The first-order chi connectivity index (χ1) is 13.5. The van der Waals surface area contributed by atoms with Crippen LogP contribution in [0.4, 0.5) is 5.69 Å². The first-order valence-corrected chi connectivity index (χ1v) is 9.78. The number of fused-ring (bicyclic) bond motifs is 2. The van der Waals surface area contributed by atoms with Crippen LogP contribution in [0.25, 0.3) is 17.0 Å². The van der Waals surface area contributed by atoms with Crippen LogP contribution in [-0.4, -0.2) is 7.05 Å². The summed E-state index contributed by atoms with van der Waals surface area (Å²) in [7, 11) is 2.15. The van der Waals surface area contributed by atoms with Gasteiger partial charge in [-0.05, 0) is 35.9 Å². The van der Waals surface area contributed by atoms with Crippen molar-refractivity contribution < 1.29 is 4.57 Å². The molecule has 2 heteroatoms. The number of hydrogen-bond donors (Lipinski definition) is 0. The summed E-state index contributed by atoms with van der Waals surface area (Å²) in [6.07, 6.45) is 8.55. The summed E-state index contributed by atoms with van der Waals surface area (Å²) < 4.78 is 2.30. The number of rotatable bonds is 4. The molecule has 28 heavy (non-hydrogen) atoms. The van der Waals surface area contributed by atoms with Gasteiger partial charge in [0.05, 0.1) is 0 Å². The van der Waals surface area contributed by atoms with E-state index in [0.717, 1.165) is 6.54 Å². The molecule has 1 aliphatic rings. The maximum atomic E-state index is 3.94. The van der Waals surface area contributed by atoms with Crippen molar-refractivity contribution in [3.8, 4) is 0 Å². The van der Waals surface area contributed by atoms with Gasteiger partial charge in [-0.3, -0.25) is 0 Å². The Balaban J connectivity index is 1.73. The van der Waals surface area contributed by atoms with E-state index in [1.54, 1.807) is 0 Å². The van der Waals surface area contributed by atoms with E-state index in [9.17, 15) is 0 Å². The van der Waals surface area contributed by atoms with Gasteiger partial charge in [-0.25, -0.2) is 0 Å². The fraction of sp³-hybridized carbons (Fsp3) is 0.192. The normalized spacial score (nSPS) is 16.8. The van der Waals surface area contributed by atoms with Crippen LogP contribution in [-0.2, 0) is 12.0 Å². The highest BCUT2D eigenvalue weighted by molar-refractivity contribution is 5.76. The molecule has 0 saturated carbocycles. The Labute approximate surface area is 167 Å². The van der Waals surface area contributed by atoms with Gasteiger partial charge in [-0.1, -0.05) is 56.8 Å². The van der Waals surface area contributed by atoms with Gasteiger partial charge in [0.1, 0.15) is 0 Å². The number of aromatic nitrogens is 1. The van der Waals surface area contributed by atoms with Crippen LogP contribution in [0.15, 0.2) is 91.2 Å². The molecule has 0 spiro atoms. The van der Waals surface area contributed by atoms with Crippen LogP contribution in [0, 0.1) is 0 Å². The van der Waals surface area contributed by atoms with Gasteiger partial charge in [0, 0.05) is 47.4 Å². The predicted octanol–water partition coefficient (Wildman–Crippen LogP) is 5.64. The molecule has 2 nitrogen and oxygen atoms in total. The summed E-state index contributed by atoms with van der Waals surface area (Å²) in [6, 6.07) is 21.5. The van der Waals surface area contributed by atoms with E-state index in [1.165, 1.54) is 33.5 Å². The molecule has 3 aromatic rings. The molecule has 0 unspecified atom stereocenters. The maximum absolute atomic E-state index is 3.94. The highest BCUT2D eigenvalue weighted by Crippen LogP contribution is 2.46. The minimum absolute atomic E-state index is 0.00381. The number of pyridine rings is 1. The molecule has 4 rings (SSSR count). The molecule has 1 aliphatic heterocycles. The number of benzene rings is 2. The van der Waals surface area contributed by atoms with Crippen LogP contribution >= 0.6 is 0 Å². The number of hydrogen-bond acceptors (Lipinski definition) is 1. The Morgan fingerprint density at radius 1 is 1.00 bits per heavy atom. The second-order valence-corrected chi connectivity index (χ2v) is 7.83. The third kappa shape index (κ3) is 2.95. The van der Waals surface area contributed by atoms with Gasteiger partial charge in [-0.15, -0.1) is 0 Å². The van der Waals surface area contributed by atoms with Gasteiger partial charge in [0.2, 0.25) is 11.2 Å². The van der Waals surface area contributed by atoms with Crippen LogP contribution in [0.2, 0.25) is 0 Å². The molecule has 0 radical (unpaired) electrons. The molecule has 0 aliphatic carbocycles. The van der Waals surface area contributed by atoms with Crippen LogP contribution in [0.3, 0.4) is 0 Å². The van der Waals surface area contributed by atoms with Crippen molar-refractivity contribution in [3.05, 3.63) is 102 Å². The largest absolute Gasteiger partial charge is 0.347 e. The van der Waals surface area contributed by atoms with Crippen molar-refractivity contribution in [2.75, 3.05) is 11.9 Å². The summed E-state index contributed by atoms with van der Waals surface area (Å²) in [5.41, 5.74) is 6.37. The molecule has 0 amide bonds. The zero-order valence-corrected chi connectivity index (χ0v) is 16.9. The molecule has 2 heterocycles. The average molecular weight is 368 g/mol. The molecular formula is C26H27N2+. The van der Waals surface area contributed by atoms with Crippen molar-refractivity contribution in [2.45, 2.75) is 25.8 Å². The Morgan fingerprint density at radius 3 is 2.54 bits per heavy atom. The first-order valence-electron chi connectivity index (χ1n) is 9.78. The van der Waals surface area contributed by atoms with Crippen molar-refractivity contribution >= 4 is 22.7 Å². The molecule has 0 bridgehead atoms. The minimum Gasteiger partial charge on any atom is -0.347 e. The van der Waals surface area contributed by atoms with E-state index in [0.29, 0.717) is 0 Å². The maximum Gasteiger partial charge on any atom is 0.213 e. The standard InChI is InChI=1S/C26H27N2/c1-5-19-28-21(18-17-20-11-6-8-14-23(20)28)12-10-16-25-26(2,3)22-13-7-9-15-24(22)27(25)4/h5-18H,1,19H2,2-4H3/q+1. The second kappa shape index (κ2) is 7.12. The lowest BCUT2D eigenvalue weighted by Gasteiger charge is -2.23. The number of allylic oxidation sites excluding steroid dienone is 4. The quantitative estimate of drug-likeness (QED) is 0.428. The fourth-order valence-corrected chi connectivity index (χ4v) is 4.30. The molecule has 140 valence electrons. The van der Waals surface area contributed by atoms with Gasteiger partial charge < -0.3 is 4.90 Å². The second-order valence-electron chi connectivity index (χ2n) is 7.83. The zero-order valence-electron chi connectivity index (χ0n) is 16.9. The molecule has 1 aromatic heterocycles. The topological polar surface area (TPSA) is 7.12 Å². The van der Waals surface area contributed by atoms with Crippen molar-refractivity contribution in [2.24, 2.45) is 0 Å². The van der Waals surface area contributed by atoms with E-state index in [2.05, 4.69) is 116 Å². The van der Waals surface area contributed by atoms with E-state index in [4.69, 9.17) is 0 Å². The number of para-hydroxylation sites is 2. The van der Waals surface area contributed by atoms with E-state index in [-0.39, 0.29) is 5.41 Å². The predicted molar refractivity (Wildman–Crippen MR) is 119 cm³/mol. The van der Waals surface area contributed by atoms with Gasteiger partial charge >= 0.3 is 0 Å². The first kappa shape index (κ1) is 18.2. The lowest BCUT2D eigenvalue weighted by Crippen LogP contribution is -2.37. The summed E-state index contributed by atoms with van der Waals surface area (Å²) in [5, 5.41) is 1.24. The lowest BCUT2D eigenvalue weighted by atomic mass is 9.84. The summed E-state index contributed by atoms with van der Waals surface area (Å²) >= 11 is 0. The molecule has 0 saturated heterocycles. The molecule has 0 fully saturated rings. The molecular weight excluding hydrogens is 340 g/mol. The van der Waals surface area contributed by atoms with Crippen LogP contribution in [0.5, 0.6) is 0 Å². The average Bonchev–Trinajstić information content (AvgIpc) is 2.90. The van der Waals surface area contributed by atoms with Gasteiger partial charge in [-0.2, -0.15) is 4.57 Å². The summed E-state index contributed by atoms with van der Waals surface area (Å²) in [6.45, 7) is 9.31. The smallest absolute Gasteiger partial charge is 0.213 e. The number of nitrogens with zero attached hydrogens (tertiary/aromatic N) is 2. The number of anilines is 1. The molecule has 0 atom stereocenters. The van der Waals surface area contributed by atoms with E-state index < -0.39 is 0 Å². The summed E-state index contributed by atoms with van der Waals surface area (Å²) in [4.78, 5) is 2.30. The van der Waals surface area contributed by atoms with Crippen molar-refractivity contribution in [3.63, 3.8) is 0 Å². The summed E-state index contributed by atoms with van der Waals surface area (Å²) in [5.74, 6) is 0. The highest BCUT2D eigenvalue weighted by atomic mass is 15.2. The van der Waals surface area contributed by atoms with Crippen LogP contribution in [0.1, 0.15) is 25.1 Å². The SMILES string of the molecule is C=CC[n+]1c(/C=C/C=C2\N(C)c3ccccc3C2(C)C)ccc2ccccc21. The minimum atomic E-state index is -0.00381. The Morgan fingerprint density at radius 2 is 1.75 bits per heavy atom. The Bertz CT molecular complexity index is 1100. The third-order valence-electron chi connectivity index (χ3n) is 5.75. The zero-order chi connectivity index (χ0) is 19.7. The number of likely N-dealkylation sites (N-methyl/N-ethyl adjacent to an activating group) is 1. The third-order valence-corrected chi connectivity index (χ3v) is 5.75. The van der Waals surface area contributed by atoms with Gasteiger partial charge in [0.15, 0.2) is 6.54 Å². The Hall–Kier alpha value is -3.13. The van der Waals surface area contributed by atoms with Crippen LogP contribution < -0.4 is 9.47 Å². The Kier molecular flexibility index (Phi) is 4.64. The van der Waals surface area contributed by atoms with E-state index >= 15 is 0 Å². The monoisotopic (exact) mass is 367 g/mol. The van der Waals surface area contributed by atoms with Crippen molar-refractivity contribution in [1.82, 2.24) is 0 Å². The highest BCUT2D eigenvalue weighted by Gasteiger charge is 2.37. The molecule has 0 N–H and O–H groups in total. The lowest BCUT2D eigenvalue weighted by molar-refractivity contribution is -0.662. The van der Waals surface area contributed by atoms with E-state index in [1.807, 2.05) is 6.08 Å². The fourth-order valence-electron chi connectivity index (χ4n) is 4.30. The van der Waals surface area contributed by atoms with Crippen molar-refractivity contribution in [1.29, 1.82) is 0 Å².